The third-order valence-corrected chi connectivity index (χ3v) is 5.23. The number of pyridine rings is 1. The van der Waals surface area contributed by atoms with E-state index in [1.54, 1.807) is 6.92 Å². The lowest BCUT2D eigenvalue weighted by Gasteiger charge is -2.09. The predicted molar refractivity (Wildman–Crippen MR) is 78.9 cm³/mol. The van der Waals surface area contributed by atoms with Crippen LogP contribution in [-0.2, 0) is 20.8 Å². The van der Waals surface area contributed by atoms with Crippen LogP contribution in [0.3, 0.4) is 0 Å². The molecule has 0 spiro atoms. The van der Waals surface area contributed by atoms with E-state index in [1.165, 1.54) is 18.3 Å². The molecule has 9 heteroatoms. The summed E-state index contributed by atoms with van der Waals surface area (Å²) in [4.78, 5) is 3.71. The van der Waals surface area contributed by atoms with Crippen molar-refractivity contribution in [1.82, 2.24) is 9.71 Å². The number of thiocarbonyl (C=S) groups is 1. The van der Waals surface area contributed by atoms with Gasteiger partial charge in [-0.3, -0.25) is 9.19 Å². The Kier molecular flexibility index (Phi) is 5.98. The van der Waals surface area contributed by atoms with Crippen molar-refractivity contribution in [2.45, 2.75) is 11.8 Å². The van der Waals surface area contributed by atoms with E-state index in [2.05, 4.69) is 9.71 Å². The molecule has 0 aliphatic rings. The molecule has 0 fully saturated rings. The van der Waals surface area contributed by atoms with Crippen LogP contribution in [0.2, 0.25) is 0 Å². The van der Waals surface area contributed by atoms with E-state index in [0.717, 1.165) is 0 Å². The summed E-state index contributed by atoms with van der Waals surface area (Å²) in [5, 5.41) is 0. The number of hydrogen-bond donors (Lipinski definition) is 2. The van der Waals surface area contributed by atoms with Gasteiger partial charge in [0, 0.05) is 35.0 Å². The maximum absolute atomic E-state index is 12.1. The fraction of sp³-hybridized carbons (Fsp3) is 0.400. The van der Waals surface area contributed by atoms with Crippen molar-refractivity contribution in [3.63, 3.8) is 0 Å². The van der Waals surface area contributed by atoms with Crippen LogP contribution >= 0.6 is 12.2 Å². The van der Waals surface area contributed by atoms with E-state index in [1.807, 2.05) is 0 Å². The van der Waals surface area contributed by atoms with Gasteiger partial charge in [-0.2, -0.15) is 0 Å². The number of nitrogens with two attached hydrogens (primary N) is 1. The quantitative estimate of drug-likeness (QED) is 0.672. The van der Waals surface area contributed by atoms with Crippen LogP contribution in [0.1, 0.15) is 12.6 Å². The standard InChI is InChI=1S/C10H15N3O3S3/c1-2-18(14)7-6-13-19(15,16)8-4-3-5-12-9(8)10(11)17/h3-5,13H,2,6-7H2,1H3,(H2,11,17). The molecule has 1 atom stereocenters. The zero-order valence-corrected chi connectivity index (χ0v) is 12.8. The van der Waals surface area contributed by atoms with E-state index in [0.29, 0.717) is 5.75 Å². The molecule has 1 heterocycles. The van der Waals surface area contributed by atoms with Crippen molar-refractivity contribution in [2.24, 2.45) is 5.73 Å². The van der Waals surface area contributed by atoms with Crippen molar-refractivity contribution in [3.8, 4) is 0 Å². The van der Waals surface area contributed by atoms with Crippen LogP contribution in [0.4, 0.5) is 0 Å². The summed E-state index contributed by atoms with van der Waals surface area (Å²) in [5.41, 5.74) is 5.49. The van der Waals surface area contributed by atoms with Gasteiger partial charge in [0.25, 0.3) is 0 Å². The summed E-state index contributed by atoms with van der Waals surface area (Å²) in [5.74, 6) is 0.755. The Labute approximate surface area is 120 Å². The number of sulfonamides is 1. The van der Waals surface area contributed by atoms with Crippen LogP contribution in [0, 0.1) is 0 Å². The minimum absolute atomic E-state index is 0.0570. The fourth-order valence-electron chi connectivity index (χ4n) is 1.30. The Morgan fingerprint density at radius 1 is 1.58 bits per heavy atom. The third-order valence-electron chi connectivity index (χ3n) is 2.24. The number of rotatable bonds is 7. The van der Waals surface area contributed by atoms with Crippen LogP contribution in [-0.4, -0.2) is 40.6 Å². The van der Waals surface area contributed by atoms with Gasteiger partial charge in [0.15, 0.2) is 0 Å². The second-order valence-corrected chi connectivity index (χ2v) is 7.59. The molecule has 0 radical (unpaired) electrons. The average molecular weight is 321 g/mol. The minimum Gasteiger partial charge on any atom is -0.388 e. The molecule has 0 amide bonds. The maximum atomic E-state index is 12.1. The van der Waals surface area contributed by atoms with Crippen molar-refractivity contribution < 1.29 is 12.6 Å². The predicted octanol–water partition coefficient (Wildman–Crippen LogP) is -0.237. The highest BCUT2D eigenvalue weighted by molar-refractivity contribution is 7.90. The number of aromatic nitrogens is 1. The van der Waals surface area contributed by atoms with Crippen molar-refractivity contribution in [1.29, 1.82) is 0 Å². The summed E-state index contributed by atoms with van der Waals surface area (Å²) < 4.78 is 37.7. The van der Waals surface area contributed by atoms with Crippen LogP contribution in [0.25, 0.3) is 0 Å². The smallest absolute Gasteiger partial charge is 0.242 e. The molecule has 0 saturated carbocycles. The lowest BCUT2D eigenvalue weighted by atomic mass is 10.3. The topological polar surface area (TPSA) is 102 Å². The van der Waals surface area contributed by atoms with Gasteiger partial charge in [-0.1, -0.05) is 19.1 Å². The lowest BCUT2D eigenvalue weighted by Crippen LogP contribution is -2.30. The second-order valence-electron chi connectivity index (χ2n) is 3.54. The Bertz CT molecular complexity index is 587. The molecule has 1 rings (SSSR count). The summed E-state index contributed by atoms with van der Waals surface area (Å²) in [6.45, 7) is 1.87. The molecule has 19 heavy (non-hydrogen) atoms. The van der Waals surface area contributed by atoms with E-state index in [9.17, 15) is 12.6 Å². The Hall–Kier alpha value is -0.900. The molecule has 3 N–H and O–H groups in total. The van der Waals surface area contributed by atoms with Gasteiger partial charge in [-0.25, -0.2) is 13.1 Å². The number of nitrogens with zero attached hydrogens (tertiary/aromatic N) is 1. The van der Waals surface area contributed by atoms with Crippen LogP contribution in [0.15, 0.2) is 23.2 Å². The molecule has 1 aromatic rings. The molecule has 6 nitrogen and oxygen atoms in total. The zero-order valence-electron chi connectivity index (χ0n) is 10.3. The highest BCUT2D eigenvalue weighted by Crippen LogP contribution is 2.12. The summed E-state index contributed by atoms with van der Waals surface area (Å²) >= 11 is 4.77. The summed E-state index contributed by atoms with van der Waals surface area (Å²) in [7, 11) is -4.78. The number of hydrogen-bond acceptors (Lipinski definition) is 5. The molecule has 106 valence electrons. The molecule has 1 unspecified atom stereocenters. The molecule has 0 aliphatic carbocycles. The molecule has 0 aliphatic heterocycles. The first-order valence-electron chi connectivity index (χ1n) is 5.48. The first kappa shape index (κ1) is 16.2. The Morgan fingerprint density at radius 2 is 2.26 bits per heavy atom. The van der Waals surface area contributed by atoms with E-state index in [-0.39, 0.29) is 27.9 Å². The highest BCUT2D eigenvalue weighted by atomic mass is 32.2. The maximum Gasteiger partial charge on any atom is 0.242 e. The zero-order chi connectivity index (χ0) is 14.5. The second kappa shape index (κ2) is 7.04. The summed E-state index contributed by atoms with van der Waals surface area (Å²) in [6.07, 6.45) is 1.42. The normalized spacial score (nSPS) is 13.1. The number of nitrogens with one attached hydrogen (secondary N) is 1. The van der Waals surface area contributed by atoms with Gasteiger partial charge >= 0.3 is 0 Å². The fourth-order valence-corrected chi connectivity index (χ4v) is 3.48. The monoisotopic (exact) mass is 321 g/mol. The van der Waals surface area contributed by atoms with Gasteiger partial charge in [0.1, 0.15) is 15.6 Å². The van der Waals surface area contributed by atoms with E-state index in [4.69, 9.17) is 18.0 Å². The minimum atomic E-state index is -3.75. The van der Waals surface area contributed by atoms with Gasteiger partial charge < -0.3 is 5.73 Å². The molecular weight excluding hydrogens is 306 g/mol. The molecular formula is C10H15N3O3S3. The Morgan fingerprint density at radius 3 is 2.84 bits per heavy atom. The Balaban J connectivity index is 2.89. The van der Waals surface area contributed by atoms with Crippen LogP contribution < -0.4 is 10.5 Å². The molecule has 0 bridgehead atoms. The largest absolute Gasteiger partial charge is 0.388 e. The van der Waals surface area contributed by atoms with Gasteiger partial charge in [-0.15, -0.1) is 0 Å². The van der Waals surface area contributed by atoms with E-state index >= 15 is 0 Å². The van der Waals surface area contributed by atoms with Crippen molar-refractivity contribution >= 4 is 38.0 Å². The first-order valence-corrected chi connectivity index (χ1v) is 8.86. The molecule has 0 saturated heterocycles. The third kappa shape index (κ3) is 4.60. The van der Waals surface area contributed by atoms with Crippen molar-refractivity contribution in [2.75, 3.05) is 18.1 Å². The van der Waals surface area contributed by atoms with Gasteiger partial charge in [0.05, 0.1) is 0 Å². The van der Waals surface area contributed by atoms with E-state index < -0.39 is 20.8 Å². The first-order chi connectivity index (χ1) is 8.88. The SMILES string of the molecule is CCS(=O)CCNS(=O)(=O)c1cccnc1C(N)=S. The highest BCUT2D eigenvalue weighted by Gasteiger charge is 2.20. The van der Waals surface area contributed by atoms with Crippen LogP contribution in [0.5, 0.6) is 0 Å². The van der Waals surface area contributed by atoms with Gasteiger partial charge in [-0.05, 0) is 12.1 Å². The molecule has 1 aromatic heterocycles. The lowest BCUT2D eigenvalue weighted by molar-refractivity contribution is 0.583. The summed E-state index contributed by atoms with van der Waals surface area (Å²) in [6, 6.07) is 2.86. The average Bonchev–Trinajstić information content (AvgIpc) is 2.38. The van der Waals surface area contributed by atoms with Crippen molar-refractivity contribution in [3.05, 3.63) is 24.0 Å². The van der Waals surface area contributed by atoms with Gasteiger partial charge in [0.2, 0.25) is 10.0 Å². The molecule has 0 aromatic carbocycles.